The van der Waals surface area contributed by atoms with E-state index in [1.165, 1.54) is 19.4 Å². The summed E-state index contributed by atoms with van der Waals surface area (Å²) in [4.78, 5) is 2.40. The highest BCUT2D eigenvalue weighted by molar-refractivity contribution is 5.01. The molecule has 0 aromatic rings. The Hall–Kier alpha value is -0.590. The van der Waals surface area contributed by atoms with Gasteiger partial charge in [0.05, 0.1) is 6.07 Å². The summed E-state index contributed by atoms with van der Waals surface area (Å²) in [5, 5.41) is 8.78. The first-order chi connectivity index (χ1) is 6.57. The fourth-order valence-corrected chi connectivity index (χ4v) is 1.49. The SMILES string of the molecule is CCN(CCC(C)(N)C#N)CC1CC1. The lowest BCUT2D eigenvalue weighted by Gasteiger charge is -2.23. The number of hydrogen-bond acceptors (Lipinski definition) is 3. The average molecular weight is 195 g/mol. The second-order valence-corrected chi connectivity index (χ2v) is 4.62. The molecule has 1 aliphatic carbocycles. The minimum absolute atomic E-state index is 0.656. The van der Waals surface area contributed by atoms with Gasteiger partial charge in [-0.1, -0.05) is 6.92 Å². The fraction of sp³-hybridized carbons (Fsp3) is 0.909. The van der Waals surface area contributed by atoms with Crippen molar-refractivity contribution in [2.75, 3.05) is 19.6 Å². The van der Waals surface area contributed by atoms with E-state index in [4.69, 9.17) is 11.0 Å². The van der Waals surface area contributed by atoms with Gasteiger partial charge in [0, 0.05) is 13.1 Å². The van der Waals surface area contributed by atoms with Crippen LogP contribution in [0.2, 0.25) is 0 Å². The molecule has 1 unspecified atom stereocenters. The normalized spacial score (nSPS) is 20.5. The van der Waals surface area contributed by atoms with E-state index < -0.39 is 5.54 Å². The molecule has 1 fully saturated rings. The maximum atomic E-state index is 8.78. The molecule has 0 heterocycles. The number of nitriles is 1. The quantitative estimate of drug-likeness (QED) is 0.696. The third-order valence-electron chi connectivity index (χ3n) is 2.86. The number of nitrogens with two attached hydrogens (primary N) is 1. The molecule has 80 valence electrons. The Kier molecular flexibility index (Phi) is 3.91. The highest BCUT2D eigenvalue weighted by atomic mass is 15.1. The van der Waals surface area contributed by atoms with E-state index in [1.807, 2.05) is 0 Å². The monoisotopic (exact) mass is 195 g/mol. The molecule has 3 nitrogen and oxygen atoms in total. The molecule has 0 radical (unpaired) electrons. The Balaban J connectivity index is 2.22. The zero-order valence-corrected chi connectivity index (χ0v) is 9.29. The second kappa shape index (κ2) is 4.77. The molecular weight excluding hydrogens is 174 g/mol. The van der Waals surface area contributed by atoms with Crippen LogP contribution in [0.4, 0.5) is 0 Å². The van der Waals surface area contributed by atoms with E-state index in [9.17, 15) is 0 Å². The van der Waals surface area contributed by atoms with E-state index in [-0.39, 0.29) is 0 Å². The standard InChI is InChI=1S/C11H21N3/c1-3-14(8-10-4-5-10)7-6-11(2,13)9-12/h10H,3-8,13H2,1-2H3. The van der Waals surface area contributed by atoms with Crippen LogP contribution in [0.1, 0.15) is 33.1 Å². The molecule has 0 amide bonds. The van der Waals surface area contributed by atoms with E-state index in [2.05, 4.69) is 17.9 Å². The zero-order chi connectivity index (χ0) is 10.6. The van der Waals surface area contributed by atoms with Crippen molar-refractivity contribution in [1.82, 2.24) is 4.90 Å². The smallest absolute Gasteiger partial charge is 0.102 e. The van der Waals surface area contributed by atoms with Gasteiger partial charge in [0.15, 0.2) is 0 Å². The van der Waals surface area contributed by atoms with Gasteiger partial charge in [0.25, 0.3) is 0 Å². The molecule has 0 saturated heterocycles. The molecule has 2 N–H and O–H groups in total. The first-order valence-corrected chi connectivity index (χ1v) is 5.50. The zero-order valence-electron chi connectivity index (χ0n) is 9.29. The molecule has 0 spiro atoms. The van der Waals surface area contributed by atoms with Crippen molar-refractivity contribution in [3.05, 3.63) is 0 Å². The predicted octanol–water partition coefficient (Wildman–Crippen LogP) is 1.35. The van der Waals surface area contributed by atoms with Crippen LogP contribution in [0.3, 0.4) is 0 Å². The summed E-state index contributed by atoms with van der Waals surface area (Å²) in [6, 6.07) is 2.14. The van der Waals surface area contributed by atoms with E-state index >= 15 is 0 Å². The summed E-state index contributed by atoms with van der Waals surface area (Å²) >= 11 is 0. The van der Waals surface area contributed by atoms with Crippen LogP contribution in [-0.2, 0) is 0 Å². The van der Waals surface area contributed by atoms with Crippen molar-refractivity contribution in [1.29, 1.82) is 5.26 Å². The van der Waals surface area contributed by atoms with Crippen LogP contribution in [0.5, 0.6) is 0 Å². The van der Waals surface area contributed by atoms with E-state index in [0.717, 1.165) is 25.4 Å². The highest BCUT2D eigenvalue weighted by Gasteiger charge is 2.25. The van der Waals surface area contributed by atoms with Crippen molar-refractivity contribution in [3.63, 3.8) is 0 Å². The third kappa shape index (κ3) is 4.08. The van der Waals surface area contributed by atoms with E-state index in [1.54, 1.807) is 6.92 Å². The van der Waals surface area contributed by atoms with Gasteiger partial charge in [-0.25, -0.2) is 0 Å². The van der Waals surface area contributed by atoms with Gasteiger partial charge in [-0.15, -0.1) is 0 Å². The lowest BCUT2D eigenvalue weighted by Crippen LogP contribution is -2.39. The molecule has 0 aromatic carbocycles. The predicted molar refractivity (Wildman–Crippen MR) is 57.7 cm³/mol. The van der Waals surface area contributed by atoms with Crippen molar-refractivity contribution in [2.45, 2.75) is 38.6 Å². The van der Waals surface area contributed by atoms with Crippen LogP contribution in [-0.4, -0.2) is 30.1 Å². The molecule has 3 heteroatoms. The minimum atomic E-state index is -0.656. The fourth-order valence-electron chi connectivity index (χ4n) is 1.49. The molecule has 14 heavy (non-hydrogen) atoms. The molecule has 1 aliphatic rings. The summed E-state index contributed by atoms with van der Waals surface area (Å²) in [6.07, 6.45) is 3.54. The maximum Gasteiger partial charge on any atom is 0.102 e. The molecule has 1 rings (SSSR count). The van der Waals surface area contributed by atoms with Gasteiger partial charge in [-0.05, 0) is 38.6 Å². The Morgan fingerprint density at radius 3 is 2.64 bits per heavy atom. The average Bonchev–Trinajstić information content (AvgIpc) is 2.96. The van der Waals surface area contributed by atoms with Crippen molar-refractivity contribution < 1.29 is 0 Å². The van der Waals surface area contributed by atoms with Crippen LogP contribution >= 0.6 is 0 Å². The van der Waals surface area contributed by atoms with Crippen LogP contribution in [0.25, 0.3) is 0 Å². The van der Waals surface area contributed by atoms with E-state index in [0.29, 0.717) is 0 Å². The second-order valence-electron chi connectivity index (χ2n) is 4.62. The highest BCUT2D eigenvalue weighted by Crippen LogP contribution is 2.29. The largest absolute Gasteiger partial charge is 0.314 e. The van der Waals surface area contributed by atoms with Crippen molar-refractivity contribution in [3.8, 4) is 6.07 Å². The van der Waals surface area contributed by atoms with Crippen molar-refractivity contribution >= 4 is 0 Å². The van der Waals surface area contributed by atoms with Gasteiger partial charge in [-0.2, -0.15) is 5.26 Å². The maximum absolute atomic E-state index is 8.78. The lowest BCUT2D eigenvalue weighted by molar-refractivity contribution is 0.258. The molecule has 1 saturated carbocycles. The van der Waals surface area contributed by atoms with Gasteiger partial charge in [0.2, 0.25) is 0 Å². The molecule has 0 aromatic heterocycles. The Bertz CT molecular complexity index is 213. The van der Waals surface area contributed by atoms with Crippen LogP contribution < -0.4 is 5.73 Å². The topological polar surface area (TPSA) is 53.0 Å². The molecular formula is C11H21N3. The molecule has 0 aliphatic heterocycles. The first-order valence-electron chi connectivity index (χ1n) is 5.50. The Morgan fingerprint density at radius 1 is 1.57 bits per heavy atom. The van der Waals surface area contributed by atoms with Crippen LogP contribution in [0.15, 0.2) is 0 Å². The first kappa shape index (κ1) is 11.5. The molecule has 0 bridgehead atoms. The molecule has 1 atom stereocenters. The summed E-state index contributed by atoms with van der Waals surface area (Å²) in [5.74, 6) is 0.918. The minimum Gasteiger partial charge on any atom is -0.314 e. The van der Waals surface area contributed by atoms with Crippen molar-refractivity contribution in [2.24, 2.45) is 11.7 Å². The number of nitrogens with zero attached hydrogens (tertiary/aromatic N) is 2. The van der Waals surface area contributed by atoms with Gasteiger partial charge >= 0.3 is 0 Å². The van der Waals surface area contributed by atoms with Crippen LogP contribution in [0, 0.1) is 17.2 Å². The number of rotatable bonds is 6. The summed E-state index contributed by atoms with van der Waals surface area (Å²) in [7, 11) is 0. The van der Waals surface area contributed by atoms with Gasteiger partial charge < -0.3 is 10.6 Å². The summed E-state index contributed by atoms with van der Waals surface area (Å²) in [6.45, 7) is 7.18. The Morgan fingerprint density at radius 2 is 2.21 bits per heavy atom. The lowest BCUT2D eigenvalue weighted by atomic mass is 10.0. The number of hydrogen-bond donors (Lipinski definition) is 1. The summed E-state index contributed by atoms with van der Waals surface area (Å²) < 4.78 is 0. The Labute approximate surface area is 86.9 Å². The van der Waals surface area contributed by atoms with Gasteiger partial charge in [0.1, 0.15) is 5.54 Å². The third-order valence-corrected chi connectivity index (χ3v) is 2.86. The van der Waals surface area contributed by atoms with Gasteiger partial charge in [-0.3, -0.25) is 0 Å². The summed E-state index contributed by atoms with van der Waals surface area (Å²) in [5.41, 5.74) is 5.12.